The van der Waals surface area contributed by atoms with Crippen LogP contribution in [0.25, 0.3) is 0 Å². The number of aliphatic hydroxyl groups excluding tert-OH is 1. The molecule has 1 aliphatic rings. The smallest absolute Gasteiger partial charge is 0.0658 e. The lowest BCUT2D eigenvalue weighted by Crippen LogP contribution is -2.18. The molecule has 1 aliphatic carbocycles. The van der Waals surface area contributed by atoms with Crippen LogP contribution in [-0.4, -0.2) is 11.7 Å². The zero-order valence-electron chi connectivity index (χ0n) is 6.95. The second kappa shape index (κ2) is 3.73. The van der Waals surface area contributed by atoms with Gasteiger partial charge in [-0.15, -0.1) is 0 Å². The molecule has 0 radical (unpaired) electrons. The number of nitriles is 1. The fraction of sp³-hybridized carbons (Fsp3) is 0.889. The number of hydrogen-bond acceptors (Lipinski definition) is 2. The van der Waals surface area contributed by atoms with E-state index < -0.39 is 0 Å². The molecule has 2 nitrogen and oxygen atoms in total. The van der Waals surface area contributed by atoms with Gasteiger partial charge in [-0.05, 0) is 24.7 Å². The molecule has 0 heterocycles. The molecular formula is C9H15NO. The Hall–Kier alpha value is -0.550. The number of rotatable bonds is 2. The van der Waals surface area contributed by atoms with Crippen molar-refractivity contribution in [1.29, 1.82) is 5.26 Å². The summed E-state index contributed by atoms with van der Waals surface area (Å²) in [4.78, 5) is 0. The van der Waals surface area contributed by atoms with Gasteiger partial charge in [-0.3, -0.25) is 0 Å². The summed E-state index contributed by atoms with van der Waals surface area (Å²) >= 11 is 0. The molecule has 0 amide bonds. The highest BCUT2D eigenvalue weighted by molar-refractivity contribution is 4.93. The molecular weight excluding hydrogens is 138 g/mol. The van der Waals surface area contributed by atoms with Gasteiger partial charge in [0, 0.05) is 12.5 Å². The van der Waals surface area contributed by atoms with E-state index in [0.29, 0.717) is 11.8 Å². The van der Waals surface area contributed by atoms with Crippen molar-refractivity contribution < 1.29 is 5.11 Å². The van der Waals surface area contributed by atoms with E-state index in [4.69, 9.17) is 10.4 Å². The van der Waals surface area contributed by atoms with E-state index >= 15 is 0 Å². The lowest BCUT2D eigenvalue weighted by molar-refractivity contribution is 0.177. The van der Waals surface area contributed by atoms with E-state index in [1.807, 2.05) is 6.92 Å². The van der Waals surface area contributed by atoms with Gasteiger partial charge in [0.15, 0.2) is 0 Å². The first-order valence-corrected chi connectivity index (χ1v) is 4.30. The highest BCUT2D eigenvalue weighted by Gasteiger charge is 2.30. The number of nitrogens with zero attached hydrogens (tertiary/aromatic N) is 1. The SMILES string of the molecule is CC(CO)C1CCCC1C#N. The molecule has 0 bridgehead atoms. The number of aliphatic hydroxyl groups is 1. The van der Waals surface area contributed by atoms with E-state index in [-0.39, 0.29) is 12.5 Å². The molecule has 1 rings (SSSR count). The van der Waals surface area contributed by atoms with Crippen LogP contribution in [0.3, 0.4) is 0 Å². The first-order valence-electron chi connectivity index (χ1n) is 4.30. The van der Waals surface area contributed by atoms with E-state index in [1.54, 1.807) is 0 Å². The molecule has 0 spiro atoms. The topological polar surface area (TPSA) is 44.0 Å². The third kappa shape index (κ3) is 1.72. The molecule has 1 fully saturated rings. The molecule has 0 aliphatic heterocycles. The minimum atomic E-state index is 0.206. The van der Waals surface area contributed by atoms with Gasteiger partial charge >= 0.3 is 0 Å². The molecule has 1 N–H and O–H groups in total. The molecule has 0 aromatic carbocycles. The quantitative estimate of drug-likeness (QED) is 0.654. The molecule has 0 saturated heterocycles. The van der Waals surface area contributed by atoms with E-state index in [2.05, 4.69) is 6.07 Å². The third-order valence-corrected chi connectivity index (χ3v) is 2.75. The van der Waals surface area contributed by atoms with Gasteiger partial charge < -0.3 is 5.11 Å². The van der Waals surface area contributed by atoms with Crippen LogP contribution in [0.2, 0.25) is 0 Å². The summed E-state index contributed by atoms with van der Waals surface area (Å²) in [6.07, 6.45) is 3.32. The summed E-state index contributed by atoms with van der Waals surface area (Å²) in [7, 11) is 0. The standard InChI is InChI=1S/C9H15NO/c1-7(6-11)9-4-2-3-8(9)5-10/h7-9,11H,2-4,6H2,1H3. The molecule has 0 aromatic rings. The Bertz CT molecular complexity index is 161. The van der Waals surface area contributed by atoms with Gasteiger partial charge in [0.25, 0.3) is 0 Å². The first-order chi connectivity index (χ1) is 5.29. The van der Waals surface area contributed by atoms with Crippen molar-refractivity contribution >= 4 is 0 Å². The Balaban J connectivity index is 2.51. The van der Waals surface area contributed by atoms with E-state index in [9.17, 15) is 0 Å². The maximum Gasteiger partial charge on any atom is 0.0658 e. The van der Waals surface area contributed by atoms with Gasteiger partial charge in [-0.1, -0.05) is 13.3 Å². The fourth-order valence-electron chi connectivity index (χ4n) is 1.97. The predicted molar refractivity (Wildman–Crippen MR) is 42.7 cm³/mol. The Morgan fingerprint density at radius 1 is 1.64 bits per heavy atom. The molecule has 3 unspecified atom stereocenters. The Morgan fingerprint density at radius 2 is 2.36 bits per heavy atom. The zero-order chi connectivity index (χ0) is 8.27. The predicted octanol–water partition coefficient (Wildman–Crippen LogP) is 1.55. The van der Waals surface area contributed by atoms with Crippen LogP contribution >= 0.6 is 0 Å². The maximum absolute atomic E-state index is 8.90. The highest BCUT2D eigenvalue weighted by atomic mass is 16.3. The lowest BCUT2D eigenvalue weighted by atomic mass is 9.86. The molecule has 2 heteroatoms. The zero-order valence-corrected chi connectivity index (χ0v) is 6.95. The molecule has 62 valence electrons. The summed E-state index contributed by atoms with van der Waals surface area (Å²) in [5, 5.41) is 17.6. The molecule has 1 saturated carbocycles. The summed E-state index contributed by atoms with van der Waals surface area (Å²) in [5.41, 5.74) is 0. The third-order valence-electron chi connectivity index (χ3n) is 2.75. The number of hydrogen-bond donors (Lipinski definition) is 1. The highest BCUT2D eigenvalue weighted by Crippen LogP contribution is 2.36. The average Bonchev–Trinajstić information content (AvgIpc) is 2.50. The van der Waals surface area contributed by atoms with Crippen LogP contribution in [-0.2, 0) is 0 Å². The second-order valence-electron chi connectivity index (χ2n) is 3.49. The monoisotopic (exact) mass is 153 g/mol. The fourth-order valence-corrected chi connectivity index (χ4v) is 1.97. The van der Waals surface area contributed by atoms with Gasteiger partial charge in [0.05, 0.1) is 6.07 Å². The summed E-state index contributed by atoms with van der Waals surface area (Å²) in [5.74, 6) is 0.962. The van der Waals surface area contributed by atoms with Crippen LogP contribution in [0.5, 0.6) is 0 Å². The van der Waals surface area contributed by atoms with Crippen LogP contribution in [0.15, 0.2) is 0 Å². The Morgan fingerprint density at radius 3 is 2.91 bits per heavy atom. The van der Waals surface area contributed by atoms with E-state index in [1.165, 1.54) is 0 Å². The summed E-state index contributed by atoms with van der Waals surface area (Å²) in [6.45, 7) is 2.25. The van der Waals surface area contributed by atoms with Crippen LogP contribution in [0.4, 0.5) is 0 Å². The lowest BCUT2D eigenvalue weighted by Gasteiger charge is -2.18. The van der Waals surface area contributed by atoms with Gasteiger partial charge in [0.1, 0.15) is 0 Å². The van der Waals surface area contributed by atoms with Crippen molar-refractivity contribution in [3.8, 4) is 6.07 Å². The summed E-state index contributed by atoms with van der Waals surface area (Å²) in [6, 6.07) is 2.32. The van der Waals surface area contributed by atoms with Crippen molar-refractivity contribution in [3.63, 3.8) is 0 Å². The van der Waals surface area contributed by atoms with Crippen LogP contribution < -0.4 is 0 Å². The minimum absolute atomic E-state index is 0.206. The van der Waals surface area contributed by atoms with Gasteiger partial charge in [0.2, 0.25) is 0 Å². The second-order valence-corrected chi connectivity index (χ2v) is 3.49. The van der Waals surface area contributed by atoms with E-state index in [0.717, 1.165) is 19.3 Å². The van der Waals surface area contributed by atoms with Gasteiger partial charge in [-0.2, -0.15) is 5.26 Å². The van der Waals surface area contributed by atoms with Crippen molar-refractivity contribution in [1.82, 2.24) is 0 Å². The average molecular weight is 153 g/mol. The molecule has 3 atom stereocenters. The minimum Gasteiger partial charge on any atom is -0.396 e. The first kappa shape index (κ1) is 8.55. The van der Waals surface area contributed by atoms with Crippen molar-refractivity contribution in [2.75, 3.05) is 6.61 Å². The van der Waals surface area contributed by atoms with Crippen LogP contribution in [0, 0.1) is 29.1 Å². The molecule has 11 heavy (non-hydrogen) atoms. The largest absolute Gasteiger partial charge is 0.396 e. The summed E-state index contributed by atoms with van der Waals surface area (Å²) < 4.78 is 0. The van der Waals surface area contributed by atoms with Crippen molar-refractivity contribution in [2.24, 2.45) is 17.8 Å². The Kier molecular flexibility index (Phi) is 2.90. The Labute approximate surface area is 67.8 Å². The maximum atomic E-state index is 8.90. The van der Waals surface area contributed by atoms with Crippen molar-refractivity contribution in [3.05, 3.63) is 0 Å². The molecule has 0 aromatic heterocycles. The normalized spacial score (nSPS) is 33.2. The van der Waals surface area contributed by atoms with Crippen LogP contribution in [0.1, 0.15) is 26.2 Å². The van der Waals surface area contributed by atoms with Crippen molar-refractivity contribution in [2.45, 2.75) is 26.2 Å². The van der Waals surface area contributed by atoms with Gasteiger partial charge in [-0.25, -0.2) is 0 Å².